The normalized spacial score (nSPS) is 17.4. The fourth-order valence-corrected chi connectivity index (χ4v) is 3.17. The van der Waals surface area contributed by atoms with Crippen LogP contribution in [0, 0.1) is 0 Å². The lowest BCUT2D eigenvalue weighted by Gasteiger charge is -2.19. The van der Waals surface area contributed by atoms with Gasteiger partial charge in [0.2, 0.25) is 5.91 Å². The maximum Gasteiger partial charge on any atom is 0.248 e. The second kappa shape index (κ2) is 7.15. The number of anilines is 1. The number of carbonyl (C=O) groups excluding carboxylic acids is 1. The zero-order chi connectivity index (χ0) is 16.2. The number of hydrogen-bond donors (Lipinski definition) is 2. The van der Waals surface area contributed by atoms with Crippen molar-refractivity contribution in [3.8, 4) is 0 Å². The highest BCUT2D eigenvalue weighted by atomic mass is 79.9. The van der Waals surface area contributed by atoms with Crippen LogP contribution in [0.4, 0.5) is 5.69 Å². The maximum atomic E-state index is 11.2. The van der Waals surface area contributed by atoms with Crippen molar-refractivity contribution < 1.29 is 4.79 Å². The Kier molecular flexibility index (Phi) is 4.98. The largest absolute Gasteiger partial charge is 0.370 e. The molecule has 0 spiro atoms. The van der Waals surface area contributed by atoms with Gasteiger partial charge in [-0.1, -0.05) is 28.1 Å². The molecule has 120 valence electrons. The molecular weight excluding hydrogens is 354 g/mol. The van der Waals surface area contributed by atoms with Gasteiger partial charge in [-0.3, -0.25) is 4.79 Å². The lowest BCUT2D eigenvalue weighted by atomic mass is 10.1. The molecular formula is C18H20BrN3O. The first-order valence-electron chi connectivity index (χ1n) is 7.74. The van der Waals surface area contributed by atoms with Crippen molar-refractivity contribution in [1.82, 2.24) is 5.32 Å². The first-order chi connectivity index (χ1) is 11.1. The molecule has 0 aromatic heterocycles. The van der Waals surface area contributed by atoms with Crippen LogP contribution in [0.5, 0.6) is 0 Å². The molecule has 1 unspecified atom stereocenters. The van der Waals surface area contributed by atoms with Crippen molar-refractivity contribution in [3.05, 3.63) is 64.1 Å². The average molecular weight is 374 g/mol. The van der Waals surface area contributed by atoms with Crippen molar-refractivity contribution in [2.75, 3.05) is 18.0 Å². The number of halogens is 1. The molecule has 2 aromatic carbocycles. The molecule has 1 fully saturated rings. The molecule has 23 heavy (non-hydrogen) atoms. The summed E-state index contributed by atoms with van der Waals surface area (Å²) in [5.41, 5.74) is 8.23. The Bertz CT molecular complexity index is 687. The summed E-state index contributed by atoms with van der Waals surface area (Å²) in [4.78, 5) is 13.6. The van der Waals surface area contributed by atoms with Gasteiger partial charge in [0, 0.05) is 41.4 Å². The summed E-state index contributed by atoms with van der Waals surface area (Å²) in [5.74, 6) is -0.380. The monoisotopic (exact) mass is 373 g/mol. The molecule has 2 aromatic rings. The Hall–Kier alpha value is -1.85. The van der Waals surface area contributed by atoms with Gasteiger partial charge in [0.05, 0.1) is 0 Å². The van der Waals surface area contributed by atoms with E-state index in [0.717, 1.165) is 36.1 Å². The Balaban J connectivity index is 1.55. The number of nitrogens with one attached hydrogen (secondary N) is 1. The number of carbonyl (C=O) groups is 1. The first kappa shape index (κ1) is 16.0. The van der Waals surface area contributed by atoms with E-state index in [0.29, 0.717) is 11.6 Å². The molecule has 0 saturated carbocycles. The number of nitrogens with two attached hydrogens (primary N) is 1. The van der Waals surface area contributed by atoms with Gasteiger partial charge in [-0.15, -0.1) is 0 Å². The van der Waals surface area contributed by atoms with Crippen LogP contribution in [0.2, 0.25) is 0 Å². The van der Waals surface area contributed by atoms with Gasteiger partial charge in [-0.05, 0) is 48.4 Å². The molecule has 5 heteroatoms. The summed E-state index contributed by atoms with van der Waals surface area (Å²) in [6.45, 7) is 2.80. The van der Waals surface area contributed by atoms with E-state index in [-0.39, 0.29) is 5.91 Å². The lowest BCUT2D eigenvalue weighted by Crippen LogP contribution is -2.32. The van der Waals surface area contributed by atoms with Crippen LogP contribution in [0.1, 0.15) is 22.3 Å². The van der Waals surface area contributed by atoms with Gasteiger partial charge in [-0.25, -0.2) is 0 Å². The first-order valence-corrected chi connectivity index (χ1v) is 8.54. The Morgan fingerprint density at radius 3 is 2.78 bits per heavy atom. The van der Waals surface area contributed by atoms with E-state index in [1.165, 1.54) is 5.69 Å². The van der Waals surface area contributed by atoms with E-state index < -0.39 is 0 Å². The molecule has 1 saturated heterocycles. The maximum absolute atomic E-state index is 11.2. The van der Waals surface area contributed by atoms with Gasteiger partial charge < -0.3 is 16.0 Å². The zero-order valence-electron chi connectivity index (χ0n) is 12.8. The minimum atomic E-state index is -0.380. The molecule has 3 N–H and O–H groups in total. The number of amides is 1. The Labute approximate surface area is 144 Å². The highest BCUT2D eigenvalue weighted by molar-refractivity contribution is 9.10. The molecule has 0 bridgehead atoms. The van der Waals surface area contributed by atoms with Crippen LogP contribution >= 0.6 is 15.9 Å². The second-order valence-corrected chi connectivity index (χ2v) is 6.77. The third kappa shape index (κ3) is 4.12. The minimum absolute atomic E-state index is 0.380. The van der Waals surface area contributed by atoms with Crippen molar-refractivity contribution in [3.63, 3.8) is 0 Å². The Morgan fingerprint density at radius 1 is 1.26 bits per heavy atom. The predicted molar refractivity (Wildman–Crippen MR) is 96.6 cm³/mol. The average Bonchev–Trinajstić information content (AvgIpc) is 3.03. The van der Waals surface area contributed by atoms with Crippen LogP contribution in [0.25, 0.3) is 0 Å². The van der Waals surface area contributed by atoms with Crippen LogP contribution in [-0.4, -0.2) is 25.0 Å². The lowest BCUT2D eigenvalue weighted by molar-refractivity contribution is 0.1000. The van der Waals surface area contributed by atoms with E-state index in [4.69, 9.17) is 5.73 Å². The second-order valence-electron chi connectivity index (χ2n) is 5.85. The topological polar surface area (TPSA) is 58.4 Å². The summed E-state index contributed by atoms with van der Waals surface area (Å²) in [5, 5.41) is 3.57. The van der Waals surface area contributed by atoms with Crippen LogP contribution < -0.4 is 16.0 Å². The zero-order valence-corrected chi connectivity index (χ0v) is 14.4. The third-order valence-electron chi connectivity index (χ3n) is 4.19. The van der Waals surface area contributed by atoms with Crippen LogP contribution in [0.15, 0.2) is 53.0 Å². The van der Waals surface area contributed by atoms with Crippen molar-refractivity contribution >= 4 is 27.5 Å². The summed E-state index contributed by atoms with van der Waals surface area (Å²) >= 11 is 3.47. The molecule has 0 radical (unpaired) electrons. The fraction of sp³-hybridized carbons (Fsp3) is 0.278. The van der Waals surface area contributed by atoms with Crippen LogP contribution in [-0.2, 0) is 6.54 Å². The summed E-state index contributed by atoms with van der Waals surface area (Å²) in [6.07, 6.45) is 1.12. The van der Waals surface area contributed by atoms with E-state index in [2.05, 4.69) is 50.4 Å². The SMILES string of the molecule is NC(=O)c1cccc(CNC2CCN(c3ccc(Br)cc3)C2)c1. The smallest absolute Gasteiger partial charge is 0.248 e. The minimum Gasteiger partial charge on any atom is -0.370 e. The number of hydrogen-bond acceptors (Lipinski definition) is 3. The number of primary amides is 1. The highest BCUT2D eigenvalue weighted by Gasteiger charge is 2.22. The summed E-state index contributed by atoms with van der Waals surface area (Å²) < 4.78 is 1.10. The fourth-order valence-electron chi connectivity index (χ4n) is 2.91. The van der Waals surface area contributed by atoms with Gasteiger partial charge in [0.1, 0.15) is 0 Å². The molecule has 1 heterocycles. The summed E-state index contributed by atoms with van der Waals surface area (Å²) in [6, 6.07) is 16.4. The quantitative estimate of drug-likeness (QED) is 0.846. The van der Waals surface area contributed by atoms with E-state index in [9.17, 15) is 4.79 Å². The third-order valence-corrected chi connectivity index (χ3v) is 4.72. The predicted octanol–water partition coefficient (Wildman–Crippen LogP) is 2.92. The van der Waals surface area contributed by atoms with Gasteiger partial charge >= 0.3 is 0 Å². The highest BCUT2D eigenvalue weighted by Crippen LogP contribution is 2.22. The van der Waals surface area contributed by atoms with Crippen molar-refractivity contribution in [1.29, 1.82) is 0 Å². The van der Waals surface area contributed by atoms with Gasteiger partial charge in [-0.2, -0.15) is 0 Å². The number of rotatable bonds is 5. The van der Waals surface area contributed by atoms with Gasteiger partial charge in [0.15, 0.2) is 0 Å². The van der Waals surface area contributed by atoms with E-state index in [1.54, 1.807) is 6.07 Å². The van der Waals surface area contributed by atoms with E-state index >= 15 is 0 Å². The number of nitrogens with zero attached hydrogens (tertiary/aromatic N) is 1. The molecule has 3 rings (SSSR count). The molecule has 1 atom stereocenters. The van der Waals surface area contributed by atoms with Crippen LogP contribution in [0.3, 0.4) is 0 Å². The molecule has 0 aliphatic carbocycles. The van der Waals surface area contributed by atoms with Crippen molar-refractivity contribution in [2.45, 2.75) is 19.0 Å². The molecule has 1 aliphatic rings. The number of benzene rings is 2. The Morgan fingerprint density at radius 2 is 2.04 bits per heavy atom. The molecule has 1 amide bonds. The van der Waals surface area contributed by atoms with Crippen molar-refractivity contribution in [2.24, 2.45) is 5.73 Å². The molecule has 4 nitrogen and oxygen atoms in total. The standard InChI is InChI=1S/C18H20BrN3O/c19-15-4-6-17(7-5-15)22-9-8-16(12-22)21-11-13-2-1-3-14(10-13)18(20)23/h1-7,10,16,21H,8-9,11-12H2,(H2,20,23). The van der Waals surface area contributed by atoms with Gasteiger partial charge in [0.25, 0.3) is 0 Å². The van der Waals surface area contributed by atoms with E-state index in [1.807, 2.05) is 18.2 Å². The molecule has 1 aliphatic heterocycles. The summed E-state index contributed by atoms with van der Waals surface area (Å²) in [7, 11) is 0.